The summed E-state index contributed by atoms with van der Waals surface area (Å²) in [5.41, 5.74) is 4.23. The lowest BCUT2D eigenvalue weighted by Gasteiger charge is -2.23. The molecule has 0 nitrogen and oxygen atoms in total. The predicted octanol–water partition coefficient (Wildman–Crippen LogP) is 2.90. The zero-order valence-electron chi connectivity index (χ0n) is 7.33. The molecule has 13 heavy (non-hydrogen) atoms. The van der Waals surface area contributed by atoms with E-state index in [4.69, 9.17) is 0 Å². The molecule has 0 aromatic heterocycles. The second-order valence-corrected chi connectivity index (χ2v) is 3.54. The average Bonchev–Trinajstić information content (AvgIpc) is 2.65. The average molecular weight is 166 g/mol. The van der Waals surface area contributed by atoms with Crippen molar-refractivity contribution in [1.29, 1.82) is 0 Å². The van der Waals surface area contributed by atoms with Gasteiger partial charge in [0.1, 0.15) is 0 Å². The first-order valence-corrected chi connectivity index (χ1v) is 4.65. The highest BCUT2D eigenvalue weighted by Crippen LogP contribution is 2.38. The van der Waals surface area contributed by atoms with Gasteiger partial charge < -0.3 is 0 Å². The first-order valence-electron chi connectivity index (χ1n) is 4.65. The fourth-order valence-corrected chi connectivity index (χ4v) is 2.11. The van der Waals surface area contributed by atoms with E-state index in [0.29, 0.717) is 5.92 Å². The minimum Gasteiger partial charge on any atom is -0.0729 e. The predicted molar refractivity (Wildman–Crippen MR) is 53.4 cm³/mol. The van der Waals surface area contributed by atoms with Crippen molar-refractivity contribution >= 4 is 0 Å². The number of allylic oxidation sites excluding steroid dienone is 4. The van der Waals surface area contributed by atoms with Gasteiger partial charge in [0.2, 0.25) is 0 Å². The van der Waals surface area contributed by atoms with Gasteiger partial charge >= 0.3 is 0 Å². The Labute approximate surface area is 78.6 Å². The van der Waals surface area contributed by atoms with Crippen molar-refractivity contribution in [3.8, 4) is 0 Å². The van der Waals surface area contributed by atoms with Gasteiger partial charge in [-0.1, -0.05) is 48.1 Å². The van der Waals surface area contributed by atoms with Gasteiger partial charge in [0.05, 0.1) is 0 Å². The largest absolute Gasteiger partial charge is 0.0729 e. The summed E-state index contributed by atoms with van der Waals surface area (Å²) < 4.78 is 0. The summed E-state index contributed by atoms with van der Waals surface area (Å²) in [6.07, 6.45) is 11.0. The molecule has 0 heterocycles. The second kappa shape index (κ2) is 2.59. The smallest absolute Gasteiger partial charge is 0.0243 e. The van der Waals surface area contributed by atoms with Crippen LogP contribution in [0.15, 0.2) is 48.1 Å². The van der Waals surface area contributed by atoms with Crippen LogP contribution in [0, 0.1) is 6.42 Å². The molecule has 2 radical (unpaired) electrons. The van der Waals surface area contributed by atoms with Crippen LogP contribution in [-0.2, 0) is 6.42 Å². The molecule has 0 heteroatoms. The van der Waals surface area contributed by atoms with Gasteiger partial charge in [0, 0.05) is 12.3 Å². The highest BCUT2D eigenvalue weighted by atomic mass is 14.3. The molecule has 0 aliphatic heterocycles. The van der Waals surface area contributed by atoms with Crippen molar-refractivity contribution in [2.24, 2.45) is 0 Å². The maximum atomic E-state index is 3.44. The van der Waals surface area contributed by atoms with Crippen molar-refractivity contribution in [1.82, 2.24) is 0 Å². The Bertz CT molecular complexity index is 396. The fraction of sp³-hybridized carbons (Fsp3) is 0.154. The second-order valence-electron chi connectivity index (χ2n) is 3.54. The van der Waals surface area contributed by atoms with E-state index >= 15 is 0 Å². The first kappa shape index (κ1) is 7.14. The van der Waals surface area contributed by atoms with Crippen LogP contribution in [0.2, 0.25) is 0 Å². The monoisotopic (exact) mass is 166 g/mol. The van der Waals surface area contributed by atoms with Crippen LogP contribution in [-0.4, -0.2) is 0 Å². The van der Waals surface area contributed by atoms with Crippen molar-refractivity contribution in [3.63, 3.8) is 0 Å². The molecule has 1 aromatic carbocycles. The Balaban J connectivity index is 2.17. The molecule has 0 amide bonds. The summed E-state index contributed by atoms with van der Waals surface area (Å²) in [5, 5.41) is 0. The Kier molecular flexibility index (Phi) is 1.42. The number of fused-ring (bicyclic) bond motifs is 3. The topological polar surface area (TPSA) is 0 Å². The molecule has 2 aliphatic rings. The van der Waals surface area contributed by atoms with Crippen LogP contribution in [0.1, 0.15) is 17.0 Å². The minimum absolute atomic E-state index is 0.491. The van der Waals surface area contributed by atoms with Crippen molar-refractivity contribution in [2.75, 3.05) is 0 Å². The molecule has 62 valence electrons. The zero-order valence-corrected chi connectivity index (χ0v) is 7.33. The van der Waals surface area contributed by atoms with Gasteiger partial charge in [-0.3, -0.25) is 0 Å². The van der Waals surface area contributed by atoms with E-state index in [1.165, 1.54) is 16.7 Å². The van der Waals surface area contributed by atoms with E-state index in [1.807, 2.05) is 0 Å². The van der Waals surface area contributed by atoms with E-state index in [9.17, 15) is 0 Å². The van der Waals surface area contributed by atoms with Crippen molar-refractivity contribution in [2.45, 2.75) is 12.3 Å². The fourth-order valence-electron chi connectivity index (χ4n) is 2.11. The van der Waals surface area contributed by atoms with E-state index in [-0.39, 0.29) is 0 Å². The lowest BCUT2D eigenvalue weighted by atomic mass is 9.81. The maximum absolute atomic E-state index is 3.44. The first-order chi connectivity index (χ1) is 6.45. The van der Waals surface area contributed by atoms with Gasteiger partial charge in [-0.2, -0.15) is 0 Å². The van der Waals surface area contributed by atoms with Crippen LogP contribution in [0.25, 0.3) is 0 Å². The van der Waals surface area contributed by atoms with Gasteiger partial charge in [0.15, 0.2) is 0 Å². The maximum Gasteiger partial charge on any atom is 0.0243 e. The molecule has 1 unspecified atom stereocenters. The van der Waals surface area contributed by atoms with Gasteiger partial charge in [-0.05, 0) is 17.5 Å². The molecule has 1 aromatic rings. The van der Waals surface area contributed by atoms with Crippen molar-refractivity contribution < 1.29 is 0 Å². The molecule has 0 spiro atoms. The van der Waals surface area contributed by atoms with Crippen LogP contribution < -0.4 is 0 Å². The van der Waals surface area contributed by atoms with E-state index in [1.54, 1.807) is 0 Å². The Morgan fingerprint density at radius 1 is 1.23 bits per heavy atom. The number of rotatable bonds is 0. The van der Waals surface area contributed by atoms with Crippen LogP contribution in [0.3, 0.4) is 0 Å². The summed E-state index contributed by atoms with van der Waals surface area (Å²) in [6, 6.07) is 8.65. The molecule has 0 fully saturated rings. The third-order valence-electron chi connectivity index (χ3n) is 2.79. The van der Waals surface area contributed by atoms with Crippen LogP contribution in [0.4, 0.5) is 0 Å². The lowest BCUT2D eigenvalue weighted by molar-refractivity contribution is 0.907. The summed E-state index contributed by atoms with van der Waals surface area (Å²) in [6.45, 7) is 0. The van der Waals surface area contributed by atoms with E-state index in [2.05, 4.69) is 48.9 Å². The van der Waals surface area contributed by atoms with Crippen LogP contribution >= 0.6 is 0 Å². The summed E-state index contributed by atoms with van der Waals surface area (Å²) >= 11 is 0. The molecular weight excluding hydrogens is 156 g/mol. The normalized spacial score (nSPS) is 23.7. The van der Waals surface area contributed by atoms with Gasteiger partial charge in [-0.15, -0.1) is 0 Å². The number of hydrogen-bond donors (Lipinski definition) is 0. The quantitative estimate of drug-likeness (QED) is 0.556. The lowest BCUT2D eigenvalue weighted by Crippen LogP contribution is -2.09. The summed E-state index contributed by atoms with van der Waals surface area (Å²) in [4.78, 5) is 0. The molecule has 2 aliphatic carbocycles. The minimum atomic E-state index is 0.491. The van der Waals surface area contributed by atoms with Gasteiger partial charge in [0.25, 0.3) is 0 Å². The molecule has 1 atom stereocenters. The van der Waals surface area contributed by atoms with E-state index < -0.39 is 0 Å². The SMILES string of the molecule is [C]1Cc2ccccc2C2C=CC=C12. The summed E-state index contributed by atoms with van der Waals surface area (Å²) in [7, 11) is 0. The molecule has 3 rings (SSSR count). The standard InChI is InChI=1S/C13H10/c1-2-6-12-10(4-1)8-9-11-5-3-7-13(11)12/h1-7,13H,8H2. The Hall–Kier alpha value is -1.30. The molecule has 0 bridgehead atoms. The number of benzene rings is 1. The summed E-state index contributed by atoms with van der Waals surface area (Å²) in [5.74, 6) is 0.491. The van der Waals surface area contributed by atoms with Crippen LogP contribution in [0.5, 0.6) is 0 Å². The Morgan fingerprint density at radius 2 is 2.15 bits per heavy atom. The molecule has 0 saturated heterocycles. The highest BCUT2D eigenvalue weighted by molar-refractivity contribution is 5.51. The zero-order chi connectivity index (χ0) is 8.67. The third kappa shape index (κ3) is 0.983. The molecule has 0 N–H and O–H groups in total. The molecule has 0 saturated carbocycles. The third-order valence-corrected chi connectivity index (χ3v) is 2.79. The molecular formula is C13H10. The Morgan fingerprint density at radius 3 is 3.15 bits per heavy atom. The number of hydrogen-bond acceptors (Lipinski definition) is 0. The van der Waals surface area contributed by atoms with Gasteiger partial charge in [-0.25, -0.2) is 0 Å². The van der Waals surface area contributed by atoms with E-state index in [0.717, 1.165) is 6.42 Å². The van der Waals surface area contributed by atoms with Crippen molar-refractivity contribution in [3.05, 3.63) is 65.6 Å². The highest BCUT2D eigenvalue weighted by Gasteiger charge is 2.23.